The molecule has 3 rings (SSSR count). The van der Waals surface area contributed by atoms with Crippen molar-refractivity contribution in [2.45, 2.75) is 66.3 Å². The number of ether oxygens (including phenoxy) is 1. The summed E-state index contributed by atoms with van der Waals surface area (Å²) in [5.41, 5.74) is 0.255. The van der Waals surface area contributed by atoms with E-state index < -0.39 is 5.97 Å². The highest BCUT2D eigenvalue weighted by Gasteiger charge is 2.34. The molecule has 1 aliphatic carbocycles. The monoisotopic (exact) mass is 445 g/mol. The predicted molar refractivity (Wildman–Crippen MR) is 121 cm³/mol. The van der Waals surface area contributed by atoms with Gasteiger partial charge in [-0.15, -0.1) is 16.4 Å². The Hall–Kier alpha value is -2.48. The van der Waals surface area contributed by atoms with Crippen molar-refractivity contribution in [1.29, 1.82) is 0 Å². The van der Waals surface area contributed by atoms with Crippen LogP contribution in [0.4, 0.5) is 5.82 Å². The molecule has 2 aromatic heterocycles. The van der Waals surface area contributed by atoms with Crippen molar-refractivity contribution in [3.63, 3.8) is 0 Å². The molecular weight excluding hydrogens is 414 g/mol. The van der Waals surface area contributed by atoms with Crippen LogP contribution in [0.15, 0.2) is 18.3 Å². The lowest BCUT2D eigenvalue weighted by Crippen LogP contribution is -2.43. The lowest BCUT2D eigenvalue weighted by atomic mass is 9.82. The van der Waals surface area contributed by atoms with Crippen molar-refractivity contribution >= 4 is 34.8 Å². The van der Waals surface area contributed by atoms with Crippen LogP contribution >= 0.6 is 11.3 Å². The second kappa shape index (κ2) is 9.77. The maximum Gasteiger partial charge on any atom is 0.343 e. The molecule has 0 saturated heterocycles. The minimum Gasteiger partial charge on any atom is -0.462 e. The molecule has 8 heteroatoms. The summed E-state index contributed by atoms with van der Waals surface area (Å²) in [4.78, 5) is 40.2. The van der Waals surface area contributed by atoms with E-state index in [1.54, 1.807) is 34.8 Å². The van der Waals surface area contributed by atoms with Gasteiger partial charge in [0.05, 0.1) is 11.5 Å². The summed E-state index contributed by atoms with van der Waals surface area (Å²) >= 11 is 1.29. The first-order chi connectivity index (χ1) is 14.7. The third kappa shape index (κ3) is 5.06. The fourth-order valence-electron chi connectivity index (χ4n) is 3.96. The number of Topliss-reactive ketones (excluding diaryl/α,β-unsaturated/α-hetero) is 1. The van der Waals surface area contributed by atoms with Gasteiger partial charge in [0, 0.05) is 18.2 Å². The number of amides is 1. The number of carbonyl (C=O) groups excluding carboxylic acids is 3. The van der Waals surface area contributed by atoms with Crippen LogP contribution in [0.3, 0.4) is 0 Å². The van der Waals surface area contributed by atoms with Crippen molar-refractivity contribution < 1.29 is 19.1 Å². The predicted octanol–water partition coefficient (Wildman–Crippen LogP) is 4.88. The lowest BCUT2D eigenvalue weighted by molar-refractivity contribution is -0.124. The van der Waals surface area contributed by atoms with E-state index in [0.717, 1.165) is 25.7 Å². The first-order valence-electron chi connectivity index (χ1n) is 10.9. The van der Waals surface area contributed by atoms with Gasteiger partial charge in [-0.05, 0) is 71.4 Å². The van der Waals surface area contributed by atoms with Gasteiger partial charge in [-0.3, -0.25) is 14.5 Å². The third-order valence-electron chi connectivity index (χ3n) is 5.70. The smallest absolute Gasteiger partial charge is 0.343 e. The zero-order chi connectivity index (χ0) is 22.7. The number of hydrogen-bond donors (Lipinski definition) is 0. The van der Waals surface area contributed by atoms with E-state index in [-0.39, 0.29) is 35.8 Å². The summed E-state index contributed by atoms with van der Waals surface area (Å²) in [5.74, 6) is 0.357. The molecule has 0 atom stereocenters. The van der Waals surface area contributed by atoms with E-state index in [9.17, 15) is 14.4 Å². The Balaban J connectivity index is 2.02. The van der Waals surface area contributed by atoms with Gasteiger partial charge in [-0.25, -0.2) is 9.48 Å². The van der Waals surface area contributed by atoms with Crippen LogP contribution in [0.5, 0.6) is 0 Å². The Morgan fingerprint density at radius 3 is 2.45 bits per heavy atom. The standard InChI is InChI=1S/C23H31N3O4S/c1-6-30-23(29)18-13-25(20-12-11-19(31-20)16(5)27)24-21(18)26(14(2)3)22(28)17-9-7-15(4)8-10-17/h11-15,17H,6-10H2,1-5H3. The summed E-state index contributed by atoms with van der Waals surface area (Å²) in [5, 5.41) is 5.33. The molecule has 1 saturated carbocycles. The van der Waals surface area contributed by atoms with Crippen LogP contribution in [-0.4, -0.2) is 40.1 Å². The molecule has 0 N–H and O–H groups in total. The van der Waals surface area contributed by atoms with Gasteiger partial charge >= 0.3 is 5.97 Å². The van der Waals surface area contributed by atoms with Crippen LogP contribution in [0.25, 0.3) is 5.00 Å². The molecule has 2 aromatic rings. The van der Waals surface area contributed by atoms with Crippen molar-refractivity contribution in [3.05, 3.63) is 28.8 Å². The minimum absolute atomic E-state index is 0.00769. The van der Waals surface area contributed by atoms with Crippen molar-refractivity contribution in [2.75, 3.05) is 11.5 Å². The SMILES string of the molecule is CCOC(=O)c1cn(-c2ccc(C(C)=O)s2)nc1N(C(=O)C1CCC(C)CC1)C(C)C. The van der Waals surface area contributed by atoms with E-state index >= 15 is 0 Å². The number of ketones is 1. The van der Waals surface area contributed by atoms with E-state index in [1.807, 2.05) is 13.8 Å². The number of nitrogens with zero attached hydrogens (tertiary/aromatic N) is 3. The molecule has 2 heterocycles. The molecule has 0 unspecified atom stereocenters. The van der Waals surface area contributed by atoms with E-state index in [1.165, 1.54) is 18.3 Å². The second-order valence-corrected chi connectivity index (χ2v) is 9.55. The van der Waals surface area contributed by atoms with E-state index in [2.05, 4.69) is 12.0 Å². The van der Waals surface area contributed by atoms with Gasteiger partial charge in [0.15, 0.2) is 11.6 Å². The Morgan fingerprint density at radius 1 is 1.23 bits per heavy atom. The maximum absolute atomic E-state index is 13.5. The van der Waals surface area contributed by atoms with Crippen molar-refractivity contribution in [1.82, 2.24) is 9.78 Å². The fourth-order valence-corrected chi connectivity index (χ4v) is 4.78. The molecule has 31 heavy (non-hydrogen) atoms. The van der Waals surface area contributed by atoms with Gasteiger partial charge in [0.1, 0.15) is 10.6 Å². The summed E-state index contributed by atoms with van der Waals surface area (Å²) in [6, 6.07) is 3.36. The Bertz CT molecular complexity index is 954. The first-order valence-corrected chi connectivity index (χ1v) is 11.8. The van der Waals surface area contributed by atoms with Crippen LogP contribution in [-0.2, 0) is 9.53 Å². The minimum atomic E-state index is -0.511. The first kappa shape index (κ1) is 23.2. The van der Waals surface area contributed by atoms with Crippen molar-refractivity contribution in [3.8, 4) is 5.00 Å². The molecular formula is C23H31N3O4S. The second-order valence-electron chi connectivity index (χ2n) is 8.48. The summed E-state index contributed by atoms with van der Waals surface area (Å²) in [7, 11) is 0. The number of carbonyl (C=O) groups is 3. The lowest BCUT2D eigenvalue weighted by Gasteiger charge is -2.32. The number of aromatic nitrogens is 2. The summed E-state index contributed by atoms with van der Waals surface area (Å²) < 4.78 is 6.81. The van der Waals surface area contributed by atoms with E-state index in [4.69, 9.17) is 4.74 Å². The number of thiophene rings is 1. The topological polar surface area (TPSA) is 81.5 Å². The van der Waals surface area contributed by atoms with Gasteiger partial charge in [0.25, 0.3) is 0 Å². The average molecular weight is 446 g/mol. The van der Waals surface area contributed by atoms with Crippen LogP contribution in [0, 0.1) is 11.8 Å². The normalized spacial score (nSPS) is 18.8. The Labute approximate surface area is 187 Å². The summed E-state index contributed by atoms with van der Waals surface area (Å²) in [6.07, 6.45) is 5.36. The highest BCUT2D eigenvalue weighted by atomic mass is 32.1. The molecule has 168 valence electrons. The molecule has 0 radical (unpaired) electrons. The molecule has 0 spiro atoms. The number of rotatable bonds is 7. The number of anilines is 1. The van der Waals surface area contributed by atoms with Crippen LogP contribution < -0.4 is 4.90 Å². The summed E-state index contributed by atoms with van der Waals surface area (Å²) in [6.45, 7) is 9.56. The molecule has 1 fully saturated rings. The Morgan fingerprint density at radius 2 is 1.90 bits per heavy atom. The highest BCUT2D eigenvalue weighted by molar-refractivity contribution is 7.16. The molecule has 7 nitrogen and oxygen atoms in total. The molecule has 0 bridgehead atoms. The third-order valence-corrected chi connectivity index (χ3v) is 6.88. The van der Waals surface area contributed by atoms with Crippen LogP contribution in [0.1, 0.15) is 80.3 Å². The fraction of sp³-hybridized carbons (Fsp3) is 0.565. The average Bonchev–Trinajstić information content (AvgIpc) is 3.36. The molecule has 1 aliphatic rings. The quantitative estimate of drug-likeness (QED) is 0.448. The zero-order valence-electron chi connectivity index (χ0n) is 18.9. The van der Waals surface area contributed by atoms with Gasteiger partial charge in [-0.2, -0.15) is 0 Å². The zero-order valence-corrected chi connectivity index (χ0v) is 19.7. The number of hydrogen-bond acceptors (Lipinski definition) is 6. The highest BCUT2D eigenvalue weighted by Crippen LogP contribution is 2.33. The molecule has 0 aliphatic heterocycles. The Kier molecular flexibility index (Phi) is 7.30. The van der Waals surface area contributed by atoms with Gasteiger partial charge in [-0.1, -0.05) is 6.92 Å². The maximum atomic E-state index is 13.5. The molecule has 0 aromatic carbocycles. The number of esters is 1. The van der Waals surface area contributed by atoms with Gasteiger partial charge in [0.2, 0.25) is 5.91 Å². The van der Waals surface area contributed by atoms with Crippen molar-refractivity contribution in [2.24, 2.45) is 11.8 Å². The van der Waals surface area contributed by atoms with Crippen LogP contribution in [0.2, 0.25) is 0 Å². The van der Waals surface area contributed by atoms with Gasteiger partial charge < -0.3 is 4.74 Å². The molecule has 1 amide bonds. The van der Waals surface area contributed by atoms with E-state index in [0.29, 0.717) is 21.6 Å². The largest absolute Gasteiger partial charge is 0.462 e.